The van der Waals surface area contributed by atoms with Gasteiger partial charge >= 0.3 is 0 Å². The molecule has 0 fully saturated rings. The highest BCUT2D eigenvalue weighted by Crippen LogP contribution is 2.80. The van der Waals surface area contributed by atoms with Crippen LogP contribution in [0.4, 0.5) is 0 Å². The average molecular weight is 607 g/mol. The Labute approximate surface area is 264 Å². The molecule has 6 rings (SSSR count). The average Bonchev–Trinajstić information content (AvgIpc) is 3.08. The molecule has 216 valence electrons. The van der Waals surface area contributed by atoms with Crippen LogP contribution in [0.1, 0.15) is 20.8 Å². The highest BCUT2D eigenvalue weighted by Gasteiger charge is 2.66. The second-order valence-corrected chi connectivity index (χ2v) is 19.3. The van der Waals surface area contributed by atoms with Gasteiger partial charge in [0.2, 0.25) is 5.06 Å². The van der Waals surface area contributed by atoms with Gasteiger partial charge in [-0.1, -0.05) is 130 Å². The molecule has 0 heterocycles. The summed E-state index contributed by atoms with van der Waals surface area (Å²) in [4.78, 5) is 0. The van der Waals surface area contributed by atoms with Crippen LogP contribution in [-0.4, -0.2) is 0 Å². The van der Waals surface area contributed by atoms with E-state index in [-0.39, 0.29) is 5.41 Å². The molecule has 0 amide bonds. The summed E-state index contributed by atoms with van der Waals surface area (Å²) in [5, 5.41) is 9.78. The number of hydrogen-bond donors (Lipinski definition) is 0. The molecule has 0 aliphatic heterocycles. The first-order valence-electron chi connectivity index (χ1n) is 15.3. The molecule has 0 unspecified atom stereocenters. The third kappa shape index (κ3) is 5.50. The molecule has 0 spiro atoms. The Balaban J connectivity index is 1.93. The first-order chi connectivity index (χ1) is 21.5. The van der Waals surface area contributed by atoms with Crippen molar-refractivity contribution in [2.45, 2.75) is 20.8 Å². The monoisotopic (exact) mass is 606 g/mol. The third-order valence-corrected chi connectivity index (χ3v) is 18.0. The summed E-state index contributed by atoms with van der Waals surface area (Å²) < 4.78 is 0. The molecular formula is C42H40P2+2. The highest BCUT2D eigenvalue weighted by molar-refractivity contribution is 8.15. The van der Waals surface area contributed by atoms with E-state index >= 15 is 0 Å². The van der Waals surface area contributed by atoms with Gasteiger partial charge in [-0.25, -0.2) is 0 Å². The summed E-state index contributed by atoms with van der Waals surface area (Å²) in [6, 6.07) is 68.0. The minimum absolute atomic E-state index is 0.0947. The molecule has 6 aromatic rings. The van der Waals surface area contributed by atoms with E-state index in [4.69, 9.17) is 0 Å². The van der Waals surface area contributed by atoms with E-state index < -0.39 is 14.5 Å². The van der Waals surface area contributed by atoms with E-state index in [1.807, 2.05) is 0 Å². The summed E-state index contributed by atoms with van der Waals surface area (Å²) in [6.45, 7) is 7.08. The van der Waals surface area contributed by atoms with Gasteiger partial charge in [-0.05, 0) is 78.2 Å². The Morgan fingerprint density at radius 1 is 0.341 bits per heavy atom. The summed E-state index contributed by atoms with van der Waals surface area (Å²) in [7, 11) is -4.93. The van der Waals surface area contributed by atoms with Crippen molar-refractivity contribution in [2.24, 2.45) is 5.41 Å². The summed E-state index contributed by atoms with van der Waals surface area (Å²) >= 11 is 0. The van der Waals surface area contributed by atoms with Gasteiger partial charge in [-0.2, -0.15) is 0 Å². The van der Waals surface area contributed by atoms with Crippen LogP contribution in [0.2, 0.25) is 0 Å². The zero-order valence-corrected chi connectivity index (χ0v) is 27.6. The fraction of sp³-hybridized carbons (Fsp3) is 0.0952. The lowest BCUT2D eigenvalue weighted by molar-refractivity contribution is 0.544. The highest BCUT2D eigenvalue weighted by atomic mass is 31.2. The molecule has 0 radical (unpaired) electrons. The van der Waals surface area contributed by atoms with Crippen molar-refractivity contribution in [3.05, 3.63) is 193 Å². The molecule has 0 saturated carbocycles. The second-order valence-electron chi connectivity index (χ2n) is 12.2. The second kappa shape index (κ2) is 12.9. The zero-order chi connectivity index (χ0) is 30.5. The first kappa shape index (κ1) is 30.0. The smallest absolute Gasteiger partial charge is 0.0620 e. The Morgan fingerprint density at radius 2 is 0.523 bits per heavy atom. The molecular weight excluding hydrogens is 566 g/mol. The molecule has 44 heavy (non-hydrogen) atoms. The molecule has 2 heteroatoms. The van der Waals surface area contributed by atoms with Crippen LogP contribution in [0, 0.1) is 5.41 Å². The van der Waals surface area contributed by atoms with E-state index in [0.717, 1.165) is 0 Å². The Morgan fingerprint density at radius 3 is 0.682 bits per heavy atom. The van der Waals surface area contributed by atoms with Crippen molar-refractivity contribution in [1.29, 1.82) is 0 Å². The van der Waals surface area contributed by atoms with Gasteiger partial charge in [0.05, 0.1) is 0 Å². The van der Waals surface area contributed by atoms with Crippen LogP contribution in [0.15, 0.2) is 193 Å². The maximum atomic E-state index is 2.66. The van der Waals surface area contributed by atoms with Crippen molar-refractivity contribution in [2.75, 3.05) is 0 Å². The van der Waals surface area contributed by atoms with Crippen molar-refractivity contribution >= 4 is 46.4 Å². The molecule has 0 N–H and O–H groups in total. The van der Waals surface area contributed by atoms with Gasteiger partial charge in [0.15, 0.2) is 14.5 Å². The van der Waals surface area contributed by atoms with Crippen LogP contribution >= 0.6 is 14.5 Å². The van der Waals surface area contributed by atoms with Gasteiger partial charge in [0.25, 0.3) is 0 Å². The fourth-order valence-corrected chi connectivity index (χ4v) is 18.5. The van der Waals surface area contributed by atoms with Crippen LogP contribution in [-0.2, 0) is 0 Å². The molecule has 6 aromatic carbocycles. The lowest BCUT2D eigenvalue weighted by atomic mass is 9.98. The van der Waals surface area contributed by atoms with E-state index in [0.29, 0.717) is 0 Å². The van der Waals surface area contributed by atoms with Gasteiger partial charge in [-0.15, -0.1) is 0 Å². The lowest BCUT2D eigenvalue weighted by Crippen LogP contribution is -2.40. The summed E-state index contributed by atoms with van der Waals surface area (Å²) in [6.07, 6.45) is 2.66. The first-order valence-corrected chi connectivity index (χ1v) is 18.9. The molecule has 0 nitrogen and oxygen atoms in total. The maximum absolute atomic E-state index is 2.66. The molecule has 0 atom stereocenters. The zero-order valence-electron chi connectivity index (χ0n) is 25.8. The van der Waals surface area contributed by atoms with Crippen LogP contribution in [0.25, 0.3) is 0 Å². The Kier molecular flexibility index (Phi) is 8.77. The van der Waals surface area contributed by atoms with Gasteiger partial charge in [0.1, 0.15) is 31.8 Å². The Hall–Kier alpha value is -4.08. The normalized spacial score (nSPS) is 12.0. The third-order valence-electron chi connectivity index (χ3n) is 8.11. The fourth-order valence-electron chi connectivity index (χ4n) is 6.40. The van der Waals surface area contributed by atoms with Crippen LogP contribution in [0.3, 0.4) is 0 Å². The van der Waals surface area contributed by atoms with E-state index in [9.17, 15) is 0 Å². The molecule has 0 aromatic heterocycles. The molecule has 0 aliphatic carbocycles. The number of allylic oxidation sites excluding steroid dienone is 1. The van der Waals surface area contributed by atoms with Crippen molar-refractivity contribution in [3.63, 3.8) is 0 Å². The number of rotatable bonds is 8. The van der Waals surface area contributed by atoms with E-state index in [2.05, 4.69) is 209 Å². The number of hydrogen-bond acceptors (Lipinski definition) is 0. The van der Waals surface area contributed by atoms with Crippen LogP contribution < -0.4 is 31.8 Å². The SMILES string of the molecule is CC(C)(C)C=C([P+](c1ccccc1)(c1ccccc1)c1ccccc1)[P+](c1ccccc1)(c1ccccc1)c1ccccc1. The van der Waals surface area contributed by atoms with Crippen molar-refractivity contribution in [3.8, 4) is 0 Å². The minimum atomic E-state index is -2.47. The van der Waals surface area contributed by atoms with Gasteiger partial charge < -0.3 is 0 Å². The number of benzene rings is 6. The van der Waals surface area contributed by atoms with Crippen molar-refractivity contribution < 1.29 is 0 Å². The largest absolute Gasteiger partial charge is 0.230 e. The van der Waals surface area contributed by atoms with Crippen molar-refractivity contribution in [1.82, 2.24) is 0 Å². The quantitative estimate of drug-likeness (QED) is 0.152. The van der Waals surface area contributed by atoms with Gasteiger partial charge in [-0.3, -0.25) is 0 Å². The lowest BCUT2D eigenvalue weighted by Gasteiger charge is -2.37. The Bertz CT molecular complexity index is 1470. The van der Waals surface area contributed by atoms with E-state index in [1.54, 1.807) is 0 Å². The summed E-state index contributed by atoms with van der Waals surface area (Å²) in [5.41, 5.74) is -0.0947. The molecule has 0 bridgehead atoms. The standard InChI is InChI=1S/C42H40P2/c1-42(2,3)34-41(43(35-22-10-4-11-23-35,36-24-12-5-13-25-36)37-26-14-6-15-27-37)44(38-28-16-7-17-29-38,39-30-18-8-19-31-39)40-32-20-9-21-33-40/h4-34H,1-3H3/q+2. The summed E-state index contributed by atoms with van der Waals surface area (Å²) in [5.74, 6) is 0. The molecule has 0 aliphatic rings. The van der Waals surface area contributed by atoms with Crippen LogP contribution in [0.5, 0.6) is 0 Å². The predicted octanol–water partition coefficient (Wildman–Crippen LogP) is 8.86. The predicted molar refractivity (Wildman–Crippen MR) is 198 cm³/mol. The topological polar surface area (TPSA) is 0 Å². The van der Waals surface area contributed by atoms with Gasteiger partial charge in [0, 0.05) is 6.08 Å². The maximum Gasteiger partial charge on any atom is 0.230 e. The molecule has 0 saturated heterocycles. The minimum Gasteiger partial charge on any atom is -0.0620 e. The van der Waals surface area contributed by atoms with E-state index in [1.165, 1.54) is 36.9 Å².